The number of aliphatic carboxylic acids is 1. The molecule has 2 aromatic rings. The summed E-state index contributed by atoms with van der Waals surface area (Å²) in [5.41, 5.74) is 1.14. The van der Waals surface area contributed by atoms with E-state index in [0.717, 1.165) is 0 Å². The highest BCUT2D eigenvalue weighted by molar-refractivity contribution is 5.94. The Kier molecular flexibility index (Phi) is 4.09. The summed E-state index contributed by atoms with van der Waals surface area (Å²) in [7, 11) is 0. The molecule has 1 heterocycles. The zero-order chi connectivity index (χ0) is 14.5. The van der Waals surface area contributed by atoms with Crippen LogP contribution in [0, 0.1) is 5.92 Å². The molecule has 104 valence electrons. The normalized spacial score (nSPS) is 11.8. The van der Waals surface area contributed by atoms with Crippen molar-refractivity contribution in [3.63, 3.8) is 0 Å². The van der Waals surface area contributed by atoms with Crippen LogP contribution in [0.4, 0.5) is 0 Å². The van der Waals surface area contributed by atoms with Gasteiger partial charge in [0, 0.05) is 17.7 Å². The van der Waals surface area contributed by atoms with Crippen molar-refractivity contribution in [2.45, 2.75) is 6.92 Å². The maximum atomic E-state index is 11.8. The van der Waals surface area contributed by atoms with Gasteiger partial charge >= 0.3 is 5.97 Å². The molecule has 0 aliphatic carbocycles. The molecule has 1 aromatic heterocycles. The van der Waals surface area contributed by atoms with Gasteiger partial charge in [-0.1, -0.05) is 6.92 Å². The molecule has 7 nitrogen and oxygen atoms in total. The van der Waals surface area contributed by atoms with Gasteiger partial charge in [-0.2, -0.15) is 0 Å². The average molecular weight is 275 g/mol. The Balaban J connectivity index is 1.99. The van der Waals surface area contributed by atoms with Gasteiger partial charge in [-0.3, -0.25) is 9.59 Å². The van der Waals surface area contributed by atoms with E-state index in [9.17, 15) is 9.59 Å². The van der Waals surface area contributed by atoms with Crippen LogP contribution in [-0.4, -0.2) is 33.7 Å². The molecule has 0 aliphatic heterocycles. The van der Waals surface area contributed by atoms with Crippen molar-refractivity contribution in [1.29, 1.82) is 0 Å². The fraction of sp³-hybridized carbons (Fsp3) is 0.231. The molecular weight excluding hydrogens is 262 g/mol. The zero-order valence-corrected chi connectivity index (χ0v) is 10.7. The average Bonchev–Trinajstić information content (AvgIpc) is 2.98. The molecule has 20 heavy (non-hydrogen) atoms. The highest BCUT2D eigenvalue weighted by atomic mass is 16.4. The number of aromatic nitrogens is 2. The molecule has 0 radical (unpaired) electrons. The quantitative estimate of drug-likeness (QED) is 0.849. The van der Waals surface area contributed by atoms with Crippen molar-refractivity contribution < 1.29 is 19.1 Å². The van der Waals surface area contributed by atoms with Gasteiger partial charge in [0.1, 0.15) is 0 Å². The SMILES string of the molecule is CC(CNC(=O)c1ccc(-c2nnco2)cc1)C(=O)O. The molecule has 0 fully saturated rings. The Morgan fingerprint density at radius 2 is 2.05 bits per heavy atom. The topological polar surface area (TPSA) is 105 Å². The van der Waals surface area contributed by atoms with E-state index in [4.69, 9.17) is 9.52 Å². The minimum Gasteiger partial charge on any atom is -0.481 e. The third kappa shape index (κ3) is 3.19. The lowest BCUT2D eigenvalue weighted by Gasteiger charge is -2.08. The first-order valence-electron chi connectivity index (χ1n) is 5.95. The minimum atomic E-state index is -0.947. The zero-order valence-electron chi connectivity index (χ0n) is 10.7. The van der Waals surface area contributed by atoms with Gasteiger partial charge in [0.2, 0.25) is 12.3 Å². The second-order valence-corrected chi connectivity index (χ2v) is 4.27. The molecule has 1 atom stereocenters. The summed E-state index contributed by atoms with van der Waals surface area (Å²) in [4.78, 5) is 22.5. The van der Waals surface area contributed by atoms with Gasteiger partial charge in [-0.05, 0) is 24.3 Å². The standard InChI is InChI=1S/C13H13N3O4/c1-8(13(18)19)6-14-11(17)9-2-4-10(5-3-9)12-16-15-7-20-12/h2-5,7-8H,6H2,1H3,(H,14,17)(H,18,19). The summed E-state index contributed by atoms with van der Waals surface area (Å²) < 4.78 is 5.04. The van der Waals surface area contributed by atoms with Crippen LogP contribution in [0.25, 0.3) is 11.5 Å². The third-order valence-electron chi connectivity index (χ3n) is 2.74. The van der Waals surface area contributed by atoms with Crippen LogP contribution in [0.1, 0.15) is 17.3 Å². The van der Waals surface area contributed by atoms with E-state index in [1.807, 2.05) is 0 Å². The molecule has 1 aromatic carbocycles. The lowest BCUT2D eigenvalue weighted by Crippen LogP contribution is -2.31. The van der Waals surface area contributed by atoms with E-state index in [-0.39, 0.29) is 12.5 Å². The lowest BCUT2D eigenvalue weighted by atomic mass is 10.1. The Bertz CT molecular complexity index is 593. The summed E-state index contributed by atoms with van der Waals surface area (Å²) >= 11 is 0. The van der Waals surface area contributed by atoms with Gasteiger partial charge in [0.25, 0.3) is 5.91 Å². The maximum absolute atomic E-state index is 11.8. The van der Waals surface area contributed by atoms with E-state index in [2.05, 4.69) is 15.5 Å². The van der Waals surface area contributed by atoms with Crippen LogP contribution in [0.2, 0.25) is 0 Å². The van der Waals surface area contributed by atoms with Gasteiger partial charge in [0.15, 0.2) is 0 Å². The van der Waals surface area contributed by atoms with Crippen molar-refractivity contribution in [1.82, 2.24) is 15.5 Å². The first-order valence-corrected chi connectivity index (χ1v) is 5.95. The van der Waals surface area contributed by atoms with E-state index in [1.165, 1.54) is 13.3 Å². The van der Waals surface area contributed by atoms with Gasteiger partial charge in [-0.25, -0.2) is 0 Å². The number of nitrogens with zero attached hydrogens (tertiary/aromatic N) is 2. The number of carbonyl (C=O) groups excluding carboxylic acids is 1. The minimum absolute atomic E-state index is 0.0829. The maximum Gasteiger partial charge on any atom is 0.308 e. The van der Waals surface area contributed by atoms with Gasteiger partial charge in [-0.15, -0.1) is 10.2 Å². The summed E-state index contributed by atoms with van der Waals surface area (Å²) in [5, 5.41) is 18.6. The number of carbonyl (C=O) groups is 2. The van der Waals surface area contributed by atoms with E-state index in [1.54, 1.807) is 24.3 Å². The van der Waals surface area contributed by atoms with E-state index >= 15 is 0 Å². The van der Waals surface area contributed by atoms with E-state index < -0.39 is 11.9 Å². The fourth-order valence-corrected chi connectivity index (χ4v) is 1.50. The monoisotopic (exact) mass is 275 g/mol. The predicted octanol–water partition coefficient (Wildman–Crippen LogP) is 1.19. The largest absolute Gasteiger partial charge is 0.481 e. The molecule has 0 aliphatic rings. The molecular formula is C13H13N3O4. The first kappa shape index (κ1) is 13.7. The summed E-state index contributed by atoms with van der Waals surface area (Å²) in [6.45, 7) is 1.61. The van der Waals surface area contributed by atoms with Crippen molar-refractivity contribution in [3.05, 3.63) is 36.2 Å². The number of hydrogen-bond acceptors (Lipinski definition) is 5. The number of nitrogens with one attached hydrogen (secondary N) is 1. The van der Waals surface area contributed by atoms with E-state index in [0.29, 0.717) is 17.0 Å². The number of amides is 1. The van der Waals surface area contributed by atoms with Gasteiger partial charge < -0.3 is 14.8 Å². The smallest absolute Gasteiger partial charge is 0.308 e. The van der Waals surface area contributed by atoms with Crippen LogP contribution in [-0.2, 0) is 4.79 Å². The molecule has 2 N–H and O–H groups in total. The number of carboxylic acids is 1. The first-order chi connectivity index (χ1) is 9.58. The Morgan fingerprint density at radius 3 is 2.60 bits per heavy atom. The third-order valence-corrected chi connectivity index (χ3v) is 2.74. The summed E-state index contributed by atoms with van der Waals surface area (Å²) in [6, 6.07) is 6.59. The van der Waals surface area contributed by atoms with Crippen molar-refractivity contribution >= 4 is 11.9 Å². The van der Waals surface area contributed by atoms with Crippen LogP contribution in [0.3, 0.4) is 0 Å². The van der Waals surface area contributed by atoms with Crippen molar-refractivity contribution in [2.75, 3.05) is 6.54 Å². The number of carboxylic acid groups (broad SMARTS) is 1. The molecule has 1 amide bonds. The molecule has 0 spiro atoms. The number of rotatable bonds is 5. The fourth-order valence-electron chi connectivity index (χ4n) is 1.50. The molecule has 1 unspecified atom stereocenters. The second kappa shape index (κ2) is 5.96. The van der Waals surface area contributed by atoms with Crippen LogP contribution < -0.4 is 5.32 Å². The predicted molar refractivity (Wildman–Crippen MR) is 68.9 cm³/mol. The Hall–Kier alpha value is -2.70. The van der Waals surface area contributed by atoms with Crippen molar-refractivity contribution in [3.8, 4) is 11.5 Å². The van der Waals surface area contributed by atoms with Gasteiger partial charge in [0.05, 0.1) is 5.92 Å². The Labute approximate surface area is 114 Å². The molecule has 0 bridgehead atoms. The summed E-state index contributed by atoms with van der Waals surface area (Å²) in [5.74, 6) is -1.53. The van der Waals surface area contributed by atoms with Crippen LogP contribution in [0.5, 0.6) is 0 Å². The van der Waals surface area contributed by atoms with Crippen LogP contribution >= 0.6 is 0 Å². The van der Waals surface area contributed by atoms with Crippen molar-refractivity contribution in [2.24, 2.45) is 5.92 Å². The molecule has 2 rings (SSSR count). The lowest BCUT2D eigenvalue weighted by molar-refractivity contribution is -0.140. The molecule has 7 heteroatoms. The highest BCUT2D eigenvalue weighted by Gasteiger charge is 2.13. The Morgan fingerprint density at radius 1 is 1.35 bits per heavy atom. The number of benzene rings is 1. The number of hydrogen-bond donors (Lipinski definition) is 2. The molecule has 0 saturated heterocycles. The highest BCUT2D eigenvalue weighted by Crippen LogP contribution is 2.16. The molecule has 0 saturated carbocycles. The van der Waals surface area contributed by atoms with Crippen LogP contribution in [0.15, 0.2) is 35.1 Å². The summed E-state index contributed by atoms with van der Waals surface area (Å²) in [6.07, 6.45) is 1.23. The second-order valence-electron chi connectivity index (χ2n) is 4.27.